The molecule has 0 bridgehead atoms. The van der Waals surface area contributed by atoms with E-state index >= 15 is 0 Å². The van der Waals surface area contributed by atoms with Crippen LogP contribution < -0.4 is 5.32 Å². The molecule has 110 valence electrons. The topological polar surface area (TPSA) is 97.4 Å². The fourth-order valence-electron chi connectivity index (χ4n) is 1.86. The number of carbonyl (C=O) groups is 5. The minimum Gasteiger partial charge on any atom is -0.338 e. The third kappa shape index (κ3) is 4.17. The predicted octanol–water partition coefficient (Wildman–Crippen LogP) is 0.273. The highest BCUT2D eigenvalue weighted by Gasteiger charge is 2.30. The van der Waals surface area contributed by atoms with Gasteiger partial charge in [0.15, 0.2) is 23.9 Å². The molecule has 0 aliphatic carbocycles. The normalized spacial score (nSPS) is 10.6. The summed E-state index contributed by atoms with van der Waals surface area (Å²) >= 11 is 0. The van der Waals surface area contributed by atoms with E-state index in [-0.39, 0.29) is 12.0 Å². The van der Waals surface area contributed by atoms with Gasteiger partial charge >= 0.3 is 0 Å². The SMILES string of the molecule is CC(=O)NC(C=O)(C=O)Cc1ccc(C(=O)C(C)=O)cc1. The smallest absolute Gasteiger partial charge is 0.228 e. The van der Waals surface area contributed by atoms with Crippen molar-refractivity contribution in [1.29, 1.82) is 0 Å². The first-order valence-corrected chi connectivity index (χ1v) is 6.19. The number of nitrogens with one attached hydrogen (secondary N) is 1. The molecule has 1 N–H and O–H groups in total. The van der Waals surface area contributed by atoms with Gasteiger partial charge in [0.2, 0.25) is 11.7 Å². The first kappa shape index (κ1) is 16.4. The third-order valence-corrected chi connectivity index (χ3v) is 2.86. The van der Waals surface area contributed by atoms with Crippen molar-refractivity contribution >= 4 is 30.0 Å². The molecule has 0 radical (unpaired) electrons. The summed E-state index contributed by atoms with van der Waals surface area (Å²) in [5.41, 5.74) is -0.825. The van der Waals surface area contributed by atoms with E-state index in [9.17, 15) is 24.0 Å². The molecule has 6 heteroatoms. The van der Waals surface area contributed by atoms with Crippen molar-refractivity contribution < 1.29 is 24.0 Å². The molecule has 0 saturated heterocycles. The maximum Gasteiger partial charge on any atom is 0.228 e. The summed E-state index contributed by atoms with van der Waals surface area (Å²) in [5, 5.41) is 2.30. The van der Waals surface area contributed by atoms with Gasteiger partial charge in [-0.05, 0) is 5.56 Å². The molecular weight excluding hydrogens is 274 g/mol. The summed E-state index contributed by atoms with van der Waals surface area (Å²) in [5.74, 6) is -1.69. The minimum absolute atomic E-state index is 0.0336. The summed E-state index contributed by atoms with van der Waals surface area (Å²) in [7, 11) is 0. The van der Waals surface area contributed by atoms with Crippen LogP contribution in [0.4, 0.5) is 0 Å². The van der Waals surface area contributed by atoms with Crippen molar-refractivity contribution in [2.24, 2.45) is 0 Å². The quantitative estimate of drug-likeness (QED) is 0.336. The lowest BCUT2D eigenvalue weighted by molar-refractivity contribution is -0.130. The summed E-state index contributed by atoms with van der Waals surface area (Å²) < 4.78 is 0. The van der Waals surface area contributed by atoms with Gasteiger partial charge in [0, 0.05) is 25.8 Å². The lowest BCUT2D eigenvalue weighted by atomic mass is 9.92. The molecule has 0 aliphatic rings. The highest BCUT2D eigenvalue weighted by molar-refractivity contribution is 6.42. The molecule has 1 aromatic rings. The molecule has 1 amide bonds. The zero-order valence-electron chi connectivity index (χ0n) is 11.7. The zero-order chi connectivity index (χ0) is 16.0. The molecule has 1 aromatic carbocycles. The Balaban J connectivity index is 2.98. The van der Waals surface area contributed by atoms with Crippen LogP contribution in [0.3, 0.4) is 0 Å². The number of Topliss-reactive ketones (excluding diaryl/α,β-unsaturated/α-hetero) is 2. The molecule has 0 saturated carbocycles. The van der Waals surface area contributed by atoms with Gasteiger partial charge < -0.3 is 14.9 Å². The molecule has 1 rings (SSSR count). The molecule has 6 nitrogen and oxygen atoms in total. The molecule has 0 aromatic heterocycles. The first-order valence-electron chi connectivity index (χ1n) is 6.19. The van der Waals surface area contributed by atoms with Crippen molar-refractivity contribution in [2.75, 3.05) is 0 Å². The maximum atomic E-state index is 11.5. The Bertz CT molecular complexity index is 581. The van der Waals surface area contributed by atoms with Crippen molar-refractivity contribution in [1.82, 2.24) is 5.32 Å². The van der Waals surface area contributed by atoms with Crippen LogP contribution in [-0.4, -0.2) is 35.6 Å². The highest BCUT2D eigenvalue weighted by Crippen LogP contribution is 2.12. The monoisotopic (exact) mass is 289 g/mol. The van der Waals surface area contributed by atoms with E-state index < -0.39 is 23.0 Å². The molecule has 0 aliphatic heterocycles. The third-order valence-electron chi connectivity index (χ3n) is 2.86. The second-order valence-electron chi connectivity index (χ2n) is 4.72. The molecule has 0 unspecified atom stereocenters. The largest absolute Gasteiger partial charge is 0.338 e. The average molecular weight is 289 g/mol. The van der Waals surface area contributed by atoms with Crippen LogP contribution in [0, 0.1) is 0 Å². The van der Waals surface area contributed by atoms with Gasteiger partial charge in [-0.25, -0.2) is 0 Å². The summed E-state index contributed by atoms with van der Waals surface area (Å²) in [4.78, 5) is 55.8. The number of benzene rings is 1. The second-order valence-corrected chi connectivity index (χ2v) is 4.72. The van der Waals surface area contributed by atoms with Gasteiger partial charge in [-0.15, -0.1) is 0 Å². The van der Waals surface area contributed by atoms with E-state index in [2.05, 4.69) is 5.32 Å². The van der Waals surface area contributed by atoms with Crippen LogP contribution >= 0.6 is 0 Å². The second kappa shape index (κ2) is 6.69. The van der Waals surface area contributed by atoms with Crippen LogP contribution in [0.1, 0.15) is 29.8 Å². The Morgan fingerprint density at radius 3 is 1.95 bits per heavy atom. The van der Waals surface area contributed by atoms with Crippen LogP contribution in [0.5, 0.6) is 0 Å². The van der Waals surface area contributed by atoms with E-state index in [1.54, 1.807) is 0 Å². The van der Waals surface area contributed by atoms with Gasteiger partial charge in [-0.3, -0.25) is 14.4 Å². The average Bonchev–Trinajstić information content (AvgIpc) is 2.46. The maximum absolute atomic E-state index is 11.5. The first-order chi connectivity index (χ1) is 9.83. The van der Waals surface area contributed by atoms with Gasteiger partial charge in [-0.2, -0.15) is 0 Å². The van der Waals surface area contributed by atoms with E-state index in [0.717, 1.165) is 0 Å². The van der Waals surface area contributed by atoms with Crippen LogP contribution in [-0.2, 0) is 25.6 Å². The molecule has 0 spiro atoms. The van der Waals surface area contributed by atoms with Crippen molar-refractivity contribution in [2.45, 2.75) is 25.8 Å². The van der Waals surface area contributed by atoms with Gasteiger partial charge in [-0.1, -0.05) is 24.3 Å². The molecule has 0 atom stereocenters. The van der Waals surface area contributed by atoms with Crippen LogP contribution in [0.2, 0.25) is 0 Å². The lowest BCUT2D eigenvalue weighted by Crippen LogP contribution is -2.52. The molecule has 0 fully saturated rings. The Labute approximate surface area is 121 Å². The fourth-order valence-corrected chi connectivity index (χ4v) is 1.86. The Morgan fingerprint density at radius 1 is 1.05 bits per heavy atom. The van der Waals surface area contributed by atoms with Crippen molar-refractivity contribution in [3.8, 4) is 0 Å². The standard InChI is InChI=1S/C15H15NO5/c1-10(19)14(21)13-5-3-12(4-6-13)7-15(8-17,9-18)16-11(2)20/h3-6,8-9H,7H2,1-2H3,(H,16,20). The minimum atomic E-state index is -1.63. The van der Waals surface area contributed by atoms with E-state index in [0.29, 0.717) is 18.1 Å². The number of rotatable bonds is 7. The molecular formula is C15H15NO5. The molecule has 0 heterocycles. The number of amides is 1. The van der Waals surface area contributed by atoms with E-state index in [1.165, 1.54) is 38.1 Å². The Morgan fingerprint density at radius 2 is 1.57 bits per heavy atom. The van der Waals surface area contributed by atoms with Gasteiger partial charge in [0.05, 0.1) is 0 Å². The Kier molecular flexibility index (Phi) is 5.24. The van der Waals surface area contributed by atoms with Crippen molar-refractivity contribution in [3.05, 3.63) is 35.4 Å². The highest BCUT2D eigenvalue weighted by atomic mass is 16.2. The number of aldehydes is 2. The van der Waals surface area contributed by atoms with Gasteiger partial charge in [0.1, 0.15) is 0 Å². The number of hydrogen-bond donors (Lipinski definition) is 1. The molecule has 21 heavy (non-hydrogen) atoms. The lowest BCUT2D eigenvalue weighted by Gasteiger charge is -2.22. The number of hydrogen-bond acceptors (Lipinski definition) is 5. The predicted molar refractivity (Wildman–Crippen MR) is 73.8 cm³/mol. The summed E-state index contributed by atoms with van der Waals surface area (Å²) in [6.45, 7) is 2.38. The number of ketones is 2. The van der Waals surface area contributed by atoms with Crippen molar-refractivity contribution in [3.63, 3.8) is 0 Å². The van der Waals surface area contributed by atoms with Crippen LogP contribution in [0.15, 0.2) is 24.3 Å². The Hall–Kier alpha value is -2.63. The zero-order valence-corrected chi connectivity index (χ0v) is 11.7. The van der Waals surface area contributed by atoms with Crippen LogP contribution in [0.25, 0.3) is 0 Å². The number of carbonyl (C=O) groups excluding carboxylic acids is 5. The summed E-state index contributed by atoms with van der Waals surface area (Å²) in [6.07, 6.45) is 0.709. The summed E-state index contributed by atoms with van der Waals surface area (Å²) in [6, 6.07) is 5.93. The fraction of sp³-hybridized carbons (Fsp3) is 0.267. The van der Waals surface area contributed by atoms with Gasteiger partial charge in [0.25, 0.3) is 0 Å². The van der Waals surface area contributed by atoms with E-state index in [1.807, 2.05) is 0 Å². The van der Waals surface area contributed by atoms with E-state index in [4.69, 9.17) is 0 Å².